The third-order valence-corrected chi connectivity index (χ3v) is 5.62. The summed E-state index contributed by atoms with van der Waals surface area (Å²) in [6.07, 6.45) is 0. The van der Waals surface area contributed by atoms with Crippen molar-refractivity contribution in [3.8, 4) is 28.6 Å². The smallest absolute Gasteiger partial charge is 0.296 e. The van der Waals surface area contributed by atoms with Crippen LogP contribution in [0.5, 0.6) is 17.2 Å². The van der Waals surface area contributed by atoms with E-state index in [9.17, 15) is 14.9 Å². The zero-order valence-corrected chi connectivity index (χ0v) is 19.3. The van der Waals surface area contributed by atoms with Crippen molar-refractivity contribution in [2.24, 2.45) is 0 Å². The lowest BCUT2D eigenvalue weighted by molar-refractivity contribution is -0.384. The van der Waals surface area contributed by atoms with Gasteiger partial charge in [0.05, 0.1) is 38.1 Å². The van der Waals surface area contributed by atoms with Gasteiger partial charge in [0.25, 0.3) is 5.69 Å². The predicted molar refractivity (Wildman–Crippen MR) is 123 cm³/mol. The minimum absolute atomic E-state index is 0.0112. The van der Waals surface area contributed by atoms with E-state index in [-0.39, 0.29) is 17.1 Å². The van der Waals surface area contributed by atoms with E-state index in [0.29, 0.717) is 34.8 Å². The molecule has 3 aromatic rings. The highest BCUT2D eigenvalue weighted by atomic mass is 32.2. The molecule has 1 aromatic heterocycles. The summed E-state index contributed by atoms with van der Waals surface area (Å²) in [6.45, 7) is 2.50. The van der Waals surface area contributed by atoms with E-state index in [4.69, 9.17) is 14.2 Å². The van der Waals surface area contributed by atoms with Crippen molar-refractivity contribution in [2.75, 3.05) is 32.4 Å². The minimum atomic E-state index is -0.576. The fourth-order valence-electron chi connectivity index (χ4n) is 3.04. The van der Waals surface area contributed by atoms with Gasteiger partial charge in [-0.15, -0.1) is 10.2 Å². The monoisotopic (exact) mass is 473 g/mol. The predicted octanol–water partition coefficient (Wildman–Crippen LogP) is 3.63. The number of nitrogens with one attached hydrogen (secondary N) is 1. The van der Waals surface area contributed by atoms with Gasteiger partial charge in [-0.25, -0.2) is 0 Å². The van der Waals surface area contributed by atoms with Crippen LogP contribution in [0, 0.1) is 10.1 Å². The van der Waals surface area contributed by atoms with Gasteiger partial charge in [-0.2, -0.15) is 0 Å². The highest BCUT2D eigenvalue weighted by molar-refractivity contribution is 7.99. The normalized spacial score (nSPS) is 10.5. The number of methoxy groups -OCH3 is 3. The summed E-state index contributed by atoms with van der Waals surface area (Å²) in [6, 6.07) is 9.63. The maximum atomic E-state index is 12.5. The molecule has 2 aromatic carbocycles. The molecule has 0 saturated heterocycles. The molecule has 0 bridgehead atoms. The molecule has 174 valence electrons. The molecule has 0 radical (unpaired) electrons. The van der Waals surface area contributed by atoms with E-state index < -0.39 is 10.8 Å². The van der Waals surface area contributed by atoms with Gasteiger partial charge in [-0.05, 0) is 31.2 Å². The fourth-order valence-corrected chi connectivity index (χ4v) is 3.84. The molecule has 0 unspecified atom stereocenters. The number of rotatable bonds is 10. The zero-order valence-electron chi connectivity index (χ0n) is 18.5. The van der Waals surface area contributed by atoms with Gasteiger partial charge in [0, 0.05) is 18.2 Å². The molecule has 0 atom stereocenters. The topological polar surface area (TPSA) is 131 Å². The molecule has 3 rings (SSSR count). The number of carbonyl (C=O) groups excluding carboxylic acids is 1. The largest absolute Gasteiger partial charge is 0.497 e. The number of anilines is 1. The van der Waals surface area contributed by atoms with Gasteiger partial charge >= 0.3 is 0 Å². The highest BCUT2D eigenvalue weighted by Crippen LogP contribution is 2.32. The third kappa shape index (κ3) is 5.52. The number of nitro benzene ring substituents is 1. The van der Waals surface area contributed by atoms with Crippen LogP contribution in [0.4, 0.5) is 11.4 Å². The van der Waals surface area contributed by atoms with Crippen LogP contribution in [0.3, 0.4) is 0 Å². The molecule has 1 N–H and O–H groups in total. The number of nitro groups is 1. The van der Waals surface area contributed by atoms with E-state index in [0.717, 1.165) is 5.56 Å². The summed E-state index contributed by atoms with van der Waals surface area (Å²) < 4.78 is 17.5. The van der Waals surface area contributed by atoms with Crippen LogP contribution < -0.4 is 19.5 Å². The van der Waals surface area contributed by atoms with E-state index in [1.165, 1.54) is 37.1 Å². The lowest BCUT2D eigenvalue weighted by Crippen LogP contribution is -2.15. The maximum Gasteiger partial charge on any atom is 0.296 e. The second kappa shape index (κ2) is 10.7. The van der Waals surface area contributed by atoms with Crippen molar-refractivity contribution in [2.45, 2.75) is 18.6 Å². The van der Waals surface area contributed by atoms with Crippen LogP contribution in [-0.4, -0.2) is 52.7 Å². The SMILES string of the molecule is CCn1c(SCC(=O)Nc2ccc(OC)cc2[N+](=O)[O-])nnc1-c1cc(OC)cc(OC)c1. The number of carbonyl (C=O) groups is 1. The summed E-state index contributed by atoms with van der Waals surface area (Å²) in [5, 5.41) is 22.9. The van der Waals surface area contributed by atoms with Crippen LogP contribution in [0.15, 0.2) is 41.6 Å². The molecule has 0 aliphatic rings. The maximum absolute atomic E-state index is 12.5. The second-order valence-corrected chi connectivity index (χ2v) is 7.57. The number of hydrogen-bond acceptors (Lipinski definition) is 9. The van der Waals surface area contributed by atoms with E-state index in [1.807, 2.05) is 23.6 Å². The van der Waals surface area contributed by atoms with E-state index in [2.05, 4.69) is 15.5 Å². The van der Waals surface area contributed by atoms with Gasteiger partial charge in [-0.3, -0.25) is 14.9 Å². The molecule has 33 heavy (non-hydrogen) atoms. The average molecular weight is 474 g/mol. The number of nitrogens with zero attached hydrogens (tertiary/aromatic N) is 4. The van der Waals surface area contributed by atoms with Crippen molar-refractivity contribution in [1.82, 2.24) is 14.8 Å². The number of ether oxygens (including phenoxy) is 3. The Balaban J connectivity index is 1.76. The Bertz CT molecular complexity index is 1140. The minimum Gasteiger partial charge on any atom is -0.497 e. The number of hydrogen-bond donors (Lipinski definition) is 1. The van der Waals surface area contributed by atoms with E-state index >= 15 is 0 Å². The Kier molecular flexibility index (Phi) is 7.72. The third-order valence-electron chi connectivity index (χ3n) is 4.65. The van der Waals surface area contributed by atoms with Crippen molar-refractivity contribution in [1.29, 1.82) is 0 Å². The Morgan fingerprint density at radius 3 is 2.30 bits per heavy atom. The Morgan fingerprint density at radius 1 is 1.06 bits per heavy atom. The first-order valence-corrected chi connectivity index (χ1v) is 10.8. The summed E-state index contributed by atoms with van der Waals surface area (Å²) in [4.78, 5) is 23.2. The number of amides is 1. The molecule has 1 heterocycles. The molecule has 11 nitrogen and oxygen atoms in total. The van der Waals surface area contributed by atoms with Crippen molar-refractivity contribution in [3.05, 3.63) is 46.5 Å². The van der Waals surface area contributed by atoms with Crippen molar-refractivity contribution >= 4 is 29.0 Å². The summed E-state index contributed by atoms with van der Waals surface area (Å²) in [5.74, 6) is 1.73. The Morgan fingerprint density at radius 2 is 1.73 bits per heavy atom. The van der Waals surface area contributed by atoms with Crippen LogP contribution in [0.2, 0.25) is 0 Å². The molecule has 0 spiro atoms. The number of benzene rings is 2. The average Bonchev–Trinajstić information content (AvgIpc) is 3.25. The second-order valence-electron chi connectivity index (χ2n) is 6.63. The molecule has 12 heteroatoms. The Hall–Kier alpha value is -3.80. The summed E-state index contributed by atoms with van der Waals surface area (Å²) in [5.41, 5.74) is 0.594. The van der Waals surface area contributed by atoms with Gasteiger partial charge in [0.15, 0.2) is 11.0 Å². The fraction of sp³-hybridized carbons (Fsp3) is 0.286. The van der Waals surface area contributed by atoms with Crippen LogP contribution in [0.25, 0.3) is 11.4 Å². The molecule has 1 amide bonds. The van der Waals surface area contributed by atoms with Crippen LogP contribution in [-0.2, 0) is 11.3 Å². The first kappa shape index (κ1) is 23.9. The van der Waals surface area contributed by atoms with Gasteiger partial charge in [0.1, 0.15) is 22.9 Å². The lowest BCUT2D eigenvalue weighted by Gasteiger charge is -2.10. The van der Waals surface area contributed by atoms with Crippen molar-refractivity contribution in [3.63, 3.8) is 0 Å². The van der Waals surface area contributed by atoms with Crippen LogP contribution in [0.1, 0.15) is 6.92 Å². The molecule has 0 fully saturated rings. The first-order chi connectivity index (χ1) is 15.9. The zero-order chi connectivity index (χ0) is 24.0. The molecule has 0 saturated carbocycles. The summed E-state index contributed by atoms with van der Waals surface area (Å²) >= 11 is 1.18. The van der Waals surface area contributed by atoms with Gasteiger partial charge in [0.2, 0.25) is 5.91 Å². The molecular weight excluding hydrogens is 450 g/mol. The molecule has 0 aliphatic heterocycles. The quantitative estimate of drug-likeness (QED) is 0.266. The molecular formula is C21H23N5O6S. The first-order valence-electron chi connectivity index (χ1n) is 9.81. The number of aromatic nitrogens is 3. The van der Waals surface area contributed by atoms with Crippen molar-refractivity contribution < 1.29 is 23.9 Å². The van der Waals surface area contributed by atoms with Crippen LogP contribution >= 0.6 is 11.8 Å². The number of thioether (sulfide) groups is 1. The molecule has 0 aliphatic carbocycles. The van der Waals surface area contributed by atoms with Gasteiger partial charge < -0.3 is 24.1 Å². The summed E-state index contributed by atoms with van der Waals surface area (Å²) in [7, 11) is 4.54. The lowest BCUT2D eigenvalue weighted by atomic mass is 10.2. The standard InChI is InChI=1S/C21H23N5O6S/c1-5-25-20(13-8-15(31-3)10-16(9-13)32-4)23-24-21(25)33-12-19(27)22-17-7-6-14(30-2)11-18(17)26(28)29/h6-11H,5,12H2,1-4H3,(H,22,27). The highest BCUT2D eigenvalue weighted by Gasteiger charge is 2.19. The van der Waals surface area contributed by atoms with Gasteiger partial charge in [-0.1, -0.05) is 11.8 Å². The Labute approximate surface area is 194 Å². The van der Waals surface area contributed by atoms with E-state index in [1.54, 1.807) is 20.3 Å².